The van der Waals surface area contributed by atoms with Gasteiger partial charge in [-0.2, -0.15) is 0 Å². The van der Waals surface area contributed by atoms with Gasteiger partial charge in [0, 0.05) is 29.7 Å². The van der Waals surface area contributed by atoms with Crippen molar-refractivity contribution in [2.24, 2.45) is 0 Å². The Balaban J connectivity index is 1.54. The van der Waals surface area contributed by atoms with Crippen molar-refractivity contribution >= 4 is 22.2 Å². The summed E-state index contributed by atoms with van der Waals surface area (Å²) in [5.41, 5.74) is 4.35. The molecule has 2 aromatic heterocycles. The molecule has 3 aromatic rings. The zero-order valence-electron chi connectivity index (χ0n) is 12.2. The SMILES string of the molecule is c1ccc2c(CC3COCCN3Cc3nncs3)c[nH]c2c1. The predicted octanol–water partition coefficient (Wildman–Crippen LogP) is 2.46. The minimum absolute atomic E-state index is 0.386. The number of H-pyrrole nitrogens is 1. The fourth-order valence-electron chi connectivity index (χ4n) is 3.08. The molecule has 1 saturated heterocycles. The largest absolute Gasteiger partial charge is 0.378 e. The lowest BCUT2D eigenvalue weighted by Crippen LogP contribution is -2.46. The fraction of sp³-hybridized carbons (Fsp3) is 0.375. The maximum atomic E-state index is 5.71. The van der Waals surface area contributed by atoms with E-state index < -0.39 is 0 Å². The second-order valence-electron chi connectivity index (χ2n) is 5.60. The molecule has 1 unspecified atom stereocenters. The number of rotatable bonds is 4. The van der Waals surface area contributed by atoms with Gasteiger partial charge in [0.05, 0.1) is 19.8 Å². The highest BCUT2D eigenvalue weighted by molar-refractivity contribution is 7.09. The number of aromatic nitrogens is 3. The van der Waals surface area contributed by atoms with Crippen LogP contribution in [-0.2, 0) is 17.7 Å². The van der Waals surface area contributed by atoms with Crippen LogP contribution in [0.2, 0.25) is 0 Å². The van der Waals surface area contributed by atoms with Gasteiger partial charge in [-0.3, -0.25) is 4.90 Å². The fourth-order valence-corrected chi connectivity index (χ4v) is 3.63. The number of para-hydroxylation sites is 1. The first-order valence-electron chi connectivity index (χ1n) is 7.52. The smallest absolute Gasteiger partial charge is 0.131 e. The highest BCUT2D eigenvalue weighted by Crippen LogP contribution is 2.22. The third-order valence-electron chi connectivity index (χ3n) is 4.22. The number of nitrogens with one attached hydrogen (secondary N) is 1. The maximum absolute atomic E-state index is 5.71. The van der Waals surface area contributed by atoms with Crippen LogP contribution in [0.4, 0.5) is 0 Å². The summed E-state index contributed by atoms with van der Waals surface area (Å²) in [7, 11) is 0. The molecule has 114 valence electrons. The molecular formula is C16H18N4OS. The first-order chi connectivity index (χ1) is 10.9. The van der Waals surface area contributed by atoms with Gasteiger partial charge in [-0.05, 0) is 18.1 Å². The summed E-state index contributed by atoms with van der Waals surface area (Å²) in [5.74, 6) is 0. The number of morpholine rings is 1. The van der Waals surface area contributed by atoms with Crippen LogP contribution in [-0.4, -0.2) is 45.9 Å². The Morgan fingerprint density at radius 2 is 2.32 bits per heavy atom. The van der Waals surface area contributed by atoms with Gasteiger partial charge < -0.3 is 9.72 Å². The molecule has 0 aliphatic carbocycles. The van der Waals surface area contributed by atoms with Gasteiger partial charge in [-0.25, -0.2) is 0 Å². The number of hydrogen-bond donors (Lipinski definition) is 1. The topological polar surface area (TPSA) is 54.0 Å². The molecule has 5 nitrogen and oxygen atoms in total. The standard InChI is InChI=1S/C16H18N4OS/c1-2-4-15-14(3-1)12(8-17-15)7-13-10-21-6-5-20(13)9-16-19-18-11-22-16/h1-4,8,11,13,17H,5-7,9-10H2. The van der Waals surface area contributed by atoms with E-state index >= 15 is 0 Å². The lowest BCUT2D eigenvalue weighted by molar-refractivity contribution is -0.0112. The van der Waals surface area contributed by atoms with Crippen molar-refractivity contribution < 1.29 is 4.74 Å². The van der Waals surface area contributed by atoms with Crippen molar-refractivity contribution in [2.45, 2.75) is 19.0 Å². The van der Waals surface area contributed by atoms with Crippen molar-refractivity contribution in [1.82, 2.24) is 20.1 Å². The van der Waals surface area contributed by atoms with Gasteiger partial charge in [-0.15, -0.1) is 21.5 Å². The Hall–Kier alpha value is -1.76. The average Bonchev–Trinajstić information content (AvgIpc) is 3.20. The number of fused-ring (bicyclic) bond motifs is 1. The third kappa shape index (κ3) is 2.77. The van der Waals surface area contributed by atoms with Gasteiger partial charge in [0.25, 0.3) is 0 Å². The van der Waals surface area contributed by atoms with Crippen LogP contribution in [0.15, 0.2) is 36.0 Å². The van der Waals surface area contributed by atoms with Gasteiger partial charge in [0.2, 0.25) is 0 Å². The van der Waals surface area contributed by atoms with Crippen molar-refractivity contribution in [3.05, 3.63) is 46.5 Å². The number of nitrogens with zero attached hydrogens (tertiary/aromatic N) is 3. The van der Waals surface area contributed by atoms with Crippen molar-refractivity contribution in [2.75, 3.05) is 19.8 Å². The molecule has 0 spiro atoms. The van der Waals surface area contributed by atoms with Crippen LogP contribution in [0, 0.1) is 0 Å². The zero-order valence-corrected chi connectivity index (χ0v) is 13.1. The monoisotopic (exact) mass is 314 g/mol. The number of hydrogen-bond acceptors (Lipinski definition) is 5. The molecule has 3 heterocycles. The zero-order chi connectivity index (χ0) is 14.8. The molecule has 0 saturated carbocycles. The van der Waals surface area contributed by atoms with Crippen LogP contribution < -0.4 is 0 Å². The van der Waals surface area contributed by atoms with E-state index in [2.05, 4.69) is 50.5 Å². The molecule has 1 fully saturated rings. The maximum Gasteiger partial charge on any atom is 0.131 e. The van der Waals surface area contributed by atoms with E-state index in [0.717, 1.165) is 37.7 Å². The Morgan fingerprint density at radius 3 is 3.23 bits per heavy atom. The Bertz CT molecular complexity index is 740. The van der Waals surface area contributed by atoms with Gasteiger partial charge in [0.15, 0.2) is 0 Å². The minimum Gasteiger partial charge on any atom is -0.378 e. The van der Waals surface area contributed by atoms with E-state index in [0.29, 0.717) is 6.04 Å². The number of aromatic amines is 1. The Labute approximate surface area is 132 Å². The van der Waals surface area contributed by atoms with Crippen molar-refractivity contribution in [1.29, 1.82) is 0 Å². The molecule has 1 aliphatic rings. The second-order valence-corrected chi connectivity index (χ2v) is 6.51. The van der Waals surface area contributed by atoms with Crippen LogP contribution >= 0.6 is 11.3 Å². The molecule has 1 N–H and O–H groups in total. The quantitative estimate of drug-likeness (QED) is 0.804. The van der Waals surface area contributed by atoms with Gasteiger partial charge >= 0.3 is 0 Å². The molecule has 6 heteroatoms. The summed E-state index contributed by atoms with van der Waals surface area (Å²) in [6.45, 7) is 3.38. The molecule has 4 rings (SSSR count). The van der Waals surface area contributed by atoms with Crippen molar-refractivity contribution in [3.63, 3.8) is 0 Å². The first-order valence-corrected chi connectivity index (χ1v) is 8.40. The molecule has 0 radical (unpaired) electrons. The molecule has 0 amide bonds. The van der Waals surface area contributed by atoms with E-state index in [-0.39, 0.29) is 0 Å². The summed E-state index contributed by atoms with van der Waals surface area (Å²) >= 11 is 1.62. The molecule has 1 aliphatic heterocycles. The normalized spacial score (nSPS) is 19.7. The van der Waals surface area contributed by atoms with Crippen molar-refractivity contribution in [3.8, 4) is 0 Å². The van der Waals surface area contributed by atoms with E-state index in [9.17, 15) is 0 Å². The summed E-state index contributed by atoms with van der Waals surface area (Å²) in [4.78, 5) is 5.82. The van der Waals surface area contributed by atoms with Crippen LogP contribution in [0.25, 0.3) is 10.9 Å². The van der Waals surface area contributed by atoms with E-state index in [1.54, 1.807) is 16.8 Å². The summed E-state index contributed by atoms with van der Waals surface area (Å²) in [5, 5.41) is 10.5. The highest BCUT2D eigenvalue weighted by atomic mass is 32.1. The van der Waals surface area contributed by atoms with Gasteiger partial charge in [0.1, 0.15) is 10.5 Å². The Morgan fingerprint density at radius 1 is 1.36 bits per heavy atom. The minimum atomic E-state index is 0.386. The van der Waals surface area contributed by atoms with Gasteiger partial charge in [-0.1, -0.05) is 18.2 Å². The second kappa shape index (κ2) is 6.16. The molecule has 1 atom stereocenters. The third-order valence-corrected chi connectivity index (χ3v) is 4.91. The summed E-state index contributed by atoms with van der Waals surface area (Å²) in [6, 6.07) is 8.84. The lowest BCUT2D eigenvalue weighted by Gasteiger charge is -2.34. The lowest BCUT2D eigenvalue weighted by atomic mass is 10.0. The first kappa shape index (κ1) is 13.9. The number of ether oxygens (including phenoxy) is 1. The summed E-state index contributed by atoms with van der Waals surface area (Å²) < 4.78 is 5.71. The van der Waals surface area contributed by atoms with Crippen LogP contribution in [0.1, 0.15) is 10.6 Å². The van der Waals surface area contributed by atoms with E-state index in [4.69, 9.17) is 4.74 Å². The molecular weight excluding hydrogens is 296 g/mol. The molecule has 0 bridgehead atoms. The van der Waals surface area contributed by atoms with Crippen LogP contribution in [0.3, 0.4) is 0 Å². The highest BCUT2D eigenvalue weighted by Gasteiger charge is 2.25. The van der Waals surface area contributed by atoms with Crippen LogP contribution in [0.5, 0.6) is 0 Å². The molecule has 1 aromatic carbocycles. The predicted molar refractivity (Wildman–Crippen MR) is 86.9 cm³/mol. The number of benzene rings is 1. The summed E-state index contributed by atoms with van der Waals surface area (Å²) in [6.07, 6.45) is 3.12. The van der Waals surface area contributed by atoms with E-state index in [1.807, 2.05) is 0 Å². The van der Waals surface area contributed by atoms with E-state index in [1.165, 1.54) is 16.5 Å². The Kier molecular flexibility index (Phi) is 3.88. The average molecular weight is 314 g/mol. The molecule has 22 heavy (non-hydrogen) atoms.